The molecule has 2 aliphatic rings. The second-order valence-electron chi connectivity index (χ2n) is 6.43. The number of benzene rings is 1. The van der Waals surface area contributed by atoms with Gasteiger partial charge in [0.05, 0.1) is 11.5 Å². The van der Waals surface area contributed by atoms with Gasteiger partial charge in [-0.05, 0) is 38.2 Å². The molecule has 2 aliphatic carbocycles. The van der Waals surface area contributed by atoms with E-state index in [-0.39, 0.29) is 10.6 Å². The van der Waals surface area contributed by atoms with Gasteiger partial charge >= 0.3 is 0 Å². The van der Waals surface area contributed by atoms with Crippen molar-refractivity contribution < 1.29 is 4.92 Å². The van der Waals surface area contributed by atoms with Gasteiger partial charge in [0.15, 0.2) is 5.82 Å². The monoisotopic (exact) mass is 313 g/mol. The Morgan fingerprint density at radius 3 is 2.74 bits per heavy atom. The molecule has 4 rings (SSSR count). The summed E-state index contributed by atoms with van der Waals surface area (Å²) in [4.78, 5) is 10.9. The third-order valence-corrected chi connectivity index (χ3v) is 4.52. The summed E-state index contributed by atoms with van der Waals surface area (Å²) in [5.41, 5.74) is 1.53. The third kappa shape index (κ3) is 2.67. The highest BCUT2D eigenvalue weighted by Gasteiger charge is 2.36. The Bertz CT molecular complexity index is 762. The van der Waals surface area contributed by atoms with Crippen LogP contribution in [0.15, 0.2) is 18.2 Å². The van der Waals surface area contributed by atoms with Crippen LogP contribution in [0.4, 0.5) is 11.4 Å². The highest BCUT2D eigenvalue weighted by Crippen LogP contribution is 2.44. The number of nitrogens with one attached hydrogen (secondary N) is 1. The van der Waals surface area contributed by atoms with Gasteiger partial charge in [-0.15, -0.1) is 10.2 Å². The van der Waals surface area contributed by atoms with Crippen LogP contribution in [0.1, 0.15) is 54.9 Å². The van der Waals surface area contributed by atoms with Crippen LogP contribution >= 0.6 is 0 Å². The average molecular weight is 313 g/mol. The van der Waals surface area contributed by atoms with Crippen LogP contribution in [0.2, 0.25) is 0 Å². The zero-order valence-corrected chi connectivity index (χ0v) is 13.0. The standard InChI is InChI=1S/C16H19N5O2/c1-10-3-2-4-13(21(22)23)15(10)17-9-14-18-19-16(11-5-6-11)20(14)12-7-8-12/h2-4,11-12,17H,5-9H2,1H3. The Labute approximate surface area is 133 Å². The smallest absolute Gasteiger partial charge is 0.292 e. The molecule has 23 heavy (non-hydrogen) atoms. The van der Waals surface area contributed by atoms with Crippen molar-refractivity contribution in [3.63, 3.8) is 0 Å². The normalized spacial score (nSPS) is 17.3. The Morgan fingerprint density at radius 1 is 1.30 bits per heavy atom. The molecule has 0 aliphatic heterocycles. The number of anilines is 1. The minimum atomic E-state index is -0.351. The van der Waals surface area contributed by atoms with Gasteiger partial charge in [0.2, 0.25) is 0 Å². The summed E-state index contributed by atoms with van der Waals surface area (Å²) < 4.78 is 2.26. The molecule has 2 saturated carbocycles. The van der Waals surface area contributed by atoms with Crippen molar-refractivity contribution in [3.8, 4) is 0 Å². The lowest BCUT2D eigenvalue weighted by Crippen LogP contribution is -2.11. The van der Waals surface area contributed by atoms with Crippen molar-refractivity contribution >= 4 is 11.4 Å². The maximum atomic E-state index is 11.2. The molecule has 120 valence electrons. The van der Waals surface area contributed by atoms with Gasteiger partial charge in [-0.2, -0.15) is 0 Å². The lowest BCUT2D eigenvalue weighted by molar-refractivity contribution is -0.384. The minimum Gasteiger partial charge on any atom is -0.372 e. The molecule has 2 aromatic rings. The number of aromatic nitrogens is 3. The lowest BCUT2D eigenvalue weighted by Gasteiger charge is -2.12. The molecule has 2 fully saturated rings. The SMILES string of the molecule is Cc1cccc([N+](=O)[O-])c1NCc1nnc(C2CC2)n1C1CC1. The van der Waals surface area contributed by atoms with E-state index in [9.17, 15) is 10.1 Å². The second kappa shape index (κ2) is 5.33. The molecular formula is C16H19N5O2. The second-order valence-corrected chi connectivity index (χ2v) is 6.43. The summed E-state index contributed by atoms with van der Waals surface area (Å²) in [6.45, 7) is 2.33. The summed E-state index contributed by atoms with van der Waals surface area (Å²) in [5.74, 6) is 2.54. The Hall–Kier alpha value is -2.44. The maximum absolute atomic E-state index is 11.2. The molecule has 0 unspecified atom stereocenters. The first-order chi connectivity index (χ1) is 11.1. The number of para-hydroxylation sites is 1. The fourth-order valence-electron chi connectivity index (χ4n) is 3.01. The topological polar surface area (TPSA) is 85.9 Å². The van der Waals surface area contributed by atoms with Crippen LogP contribution in [0.3, 0.4) is 0 Å². The molecule has 7 heteroatoms. The predicted molar refractivity (Wildman–Crippen MR) is 85.4 cm³/mol. The summed E-state index contributed by atoms with van der Waals surface area (Å²) in [5, 5.41) is 23.1. The molecule has 1 heterocycles. The quantitative estimate of drug-likeness (QED) is 0.653. The van der Waals surface area contributed by atoms with E-state index in [1.165, 1.54) is 31.7 Å². The van der Waals surface area contributed by atoms with Gasteiger partial charge < -0.3 is 9.88 Å². The van der Waals surface area contributed by atoms with Crippen LogP contribution < -0.4 is 5.32 Å². The number of hydrogen-bond donors (Lipinski definition) is 1. The van der Waals surface area contributed by atoms with Crippen LogP contribution in [-0.4, -0.2) is 19.7 Å². The van der Waals surface area contributed by atoms with Gasteiger partial charge in [0.1, 0.15) is 11.5 Å². The predicted octanol–water partition coefficient (Wildman–Crippen LogP) is 3.32. The van der Waals surface area contributed by atoms with Crippen molar-refractivity contribution in [2.45, 2.75) is 51.1 Å². The van der Waals surface area contributed by atoms with E-state index in [4.69, 9.17) is 0 Å². The highest BCUT2D eigenvalue weighted by atomic mass is 16.6. The van der Waals surface area contributed by atoms with E-state index >= 15 is 0 Å². The maximum Gasteiger partial charge on any atom is 0.292 e. The zero-order valence-electron chi connectivity index (χ0n) is 13.0. The molecule has 1 aromatic heterocycles. The van der Waals surface area contributed by atoms with Gasteiger partial charge in [-0.1, -0.05) is 12.1 Å². The number of aryl methyl sites for hydroxylation is 1. The van der Waals surface area contributed by atoms with Crippen molar-refractivity contribution in [3.05, 3.63) is 45.5 Å². The average Bonchev–Trinajstić information content (AvgIpc) is 3.44. The van der Waals surface area contributed by atoms with Crippen molar-refractivity contribution in [1.82, 2.24) is 14.8 Å². The minimum absolute atomic E-state index is 0.102. The lowest BCUT2D eigenvalue weighted by atomic mass is 10.1. The first-order valence-corrected chi connectivity index (χ1v) is 8.06. The molecule has 1 aromatic carbocycles. The van der Waals surface area contributed by atoms with E-state index in [0.29, 0.717) is 24.2 Å². The number of nitro groups is 1. The van der Waals surface area contributed by atoms with Crippen molar-refractivity contribution in [1.29, 1.82) is 0 Å². The number of hydrogen-bond acceptors (Lipinski definition) is 5. The number of nitro benzene ring substituents is 1. The van der Waals surface area contributed by atoms with Gasteiger partial charge in [-0.25, -0.2) is 0 Å². The molecule has 0 radical (unpaired) electrons. The van der Waals surface area contributed by atoms with E-state index in [2.05, 4.69) is 20.1 Å². The van der Waals surface area contributed by atoms with Crippen molar-refractivity contribution in [2.75, 3.05) is 5.32 Å². The largest absolute Gasteiger partial charge is 0.372 e. The van der Waals surface area contributed by atoms with Gasteiger partial charge in [-0.3, -0.25) is 10.1 Å². The highest BCUT2D eigenvalue weighted by molar-refractivity contribution is 5.65. The van der Waals surface area contributed by atoms with Gasteiger partial charge in [0.25, 0.3) is 5.69 Å². The van der Waals surface area contributed by atoms with E-state index < -0.39 is 0 Å². The Kier molecular flexibility index (Phi) is 3.28. The van der Waals surface area contributed by atoms with E-state index in [1.54, 1.807) is 6.07 Å². The molecule has 0 amide bonds. The Balaban J connectivity index is 1.59. The molecule has 7 nitrogen and oxygen atoms in total. The zero-order chi connectivity index (χ0) is 16.0. The van der Waals surface area contributed by atoms with Crippen molar-refractivity contribution in [2.24, 2.45) is 0 Å². The summed E-state index contributed by atoms with van der Waals surface area (Å²) in [6.07, 6.45) is 4.74. The number of rotatable bonds is 6. The van der Waals surface area contributed by atoms with Gasteiger partial charge in [0, 0.05) is 18.0 Å². The fraction of sp³-hybridized carbons (Fsp3) is 0.500. The molecule has 0 atom stereocenters. The fourth-order valence-corrected chi connectivity index (χ4v) is 3.01. The molecular weight excluding hydrogens is 294 g/mol. The molecule has 0 spiro atoms. The van der Waals surface area contributed by atoms with E-state index in [0.717, 1.165) is 17.2 Å². The first-order valence-electron chi connectivity index (χ1n) is 8.06. The number of nitrogens with zero attached hydrogens (tertiary/aromatic N) is 4. The van der Waals surface area contributed by atoms with Crippen LogP contribution in [0, 0.1) is 17.0 Å². The summed E-state index contributed by atoms with van der Waals surface area (Å²) in [6, 6.07) is 5.62. The van der Waals surface area contributed by atoms with Crippen LogP contribution in [0.5, 0.6) is 0 Å². The molecule has 0 saturated heterocycles. The van der Waals surface area contributed by atoms with Crippen LogP contribution in [-0.2, 0) is 6.54 Å². The summed E-state index contributed by atoms with van der Waals surface area (Å²) in [7, 11) is 0. The Morgan fingerprint density at radius 2 is 2.09 bits per heavy atom. The van der Waals surface area contributed by atoms with E-state index in [1.807, 2.05) is 13.0 Å². The van der Waals surface area contributed by atoms with Crippen LogP contribution in [0.25, 0.3) is 0 Å². The first kappa shape index (κ1) is 14.2. The third-order valence-electron chi connectivity index (χ3n) is 4.52. The molecule has 1 N–H and O–H groups in total. The summed E-state index contributed by atoms with van der Waals surface area (Å²) >= 11 is 0. The molecule has 0 bridgehead atoms.